The van der Waals surface area contributed by atoms with E-state index >= 15 is 0 Å². The lowest BCUT2D eigenvalue weighted by atomic mass is 9.94. The van der Waals surface area contributed by atoms with Crippen LogP contribution in [0.2, 0.25) is 0 Å². The number of nitrogens with zero attached hydrogens (tertiary/aromatic N) is 2. The normalized spacial score (nSPS) is 26.2. The summed E-state index contributed by atoms with van der Waals surface area (Å²) in [5.41, 5.74) is 0. The summed E-state index contributed by atoms with van der Waals surface area (Å²) in [6, 6.07) is 0.594. The van der Waals surface area contributed by atoms with Crippen LogP contribution in [0, 0.1) is 5.92 Å². The van der Waals surface area contributed by atoms with E-state index < -0.39 is 10.2 Å². The molecule has 0 bridgehead atoms. The third kappa shape index (κ3) is 5.48. The number of nitrogens with one attached hydrogen (secondary N) is 1. The largest absolute Gasteiger partial charge is 0.301 e. The average molecular weight is 332 g/mol. The van der Waals surface area contributed by atoms with Crippen molar-refractivity contribution in [2.24, 2.45) is 5.92 Å². The van der Waals surface area contributed by atoms with E-state index in [4.69, 9.17) is 0 Å². The SMILES string of the molecule is CC(C)N1CCCC(CCNS(=O)(=O)N2CCCCCC2)C1. The molecule has 0 radical (unpaired) electrons. The van der Waals surface area contributed by atoms with E-state index in [1.807, 2.05) is 0 Å². The van der Waals surface area contributed by atoms with Crippen LogP contribution in [0.25, 0.3) is 0 Å². The third-order valence-electron chi connectivity index (χ3n) is 5.02. The summed E-state index contributed by atoms with van der Waals surface area (Å²) in [7, 11) is -3.27. The van der Waals surface area contributed by atoms with E-state index in [1.165, 1.54) is 19.4 Å². The smallest absolute Gasteiger partial charge is 0.279 e. The highest BCUT2D eigenvalue weighted by Crippen LogP contribution is 2.21. The summed E-state index contributed by atoms with van der Waals surface area (Å²) in [5, 5.41) is 0. The molecular formula is C16H33N3O2S. The van der Waals surface area contributed by atoms with Gasteiger partial charge in [0.1, 0.15) is 0 Å². The number of piperidine rings is 1. The first-order valence-electron chi connectivity index (χ1n) is 8.98. The zero-order valence-corrected chi connectivity index (χ0v) is 15.1. The Labute approximate surface area is 136 Å². The summed E-state index contributed by atoms with van der Waals surface area (Å²) in [6.45, 7) is 8.72. The van der Waals surface area contributed by atoms with Gasteiger partial charge in [-0.3, -0.25) is 0 Å². The maximum atomic E-state index is 12.4. The van der Waals surface area contributed by atoms with Crippen LogP contribution < -0.4 is 4.72 Å². The van der Waals surface area contributed by atoms with Crippen molar-refractivity contribution in [1.29, 1.82) is 0 Å². The van der Waals surface area contributed by atoms with Gasteiger partial charge in [0.05, 0.1) is 0 Å². The van der Waals surface area contributed by atoms with Crippen LogP contribution in [0.1, 0.15) is 58.8 Å². The second-order valence-electron chi connectivity index (χ2n) is 7.10. The Kier molecular flexibility index (Phi) is 7.12. The molecule has 0 amide bonds. The molecule has 2 rings (SSSR count). The van der Waals surface area contributed by atoms with Gasteiger partial charge in [0.15, 0.2) is 0 Å². The van der Waals surface area contributed by atoms with Gasteiger partial charge in [-0.05, 0) is 58.4 Å². The number of hydrogen-bond donors (Lipinski definition) is 1. The van der Waals surface area contributed by atoms with Gasteiger partial charge >= 0.3 is 0 Å². The maximum Gasteiger partial charge on any atom is 0.279 e. The molecule has 2 fully saturated rings. The lowest BCUT2D eigenvalue weighted by Gasteiger charge is -2.35. The van der Waals surface area contributed by atoms with Crippen molar-refractivity contribution in [3.8, 4) is 0 Å². The minimum absolute atomic E-state index is 0.579. The van der Waals surface area contributed by atoms with Crippen LogP contribution in [-0.4, -0.2) is 56.4 Å². The molecule has 2 aliphatic rings. The predicted octanol–water partition coefficient (Wildman–Crippen LogP) is 2.21. The Balaban J connectivity index is 1.74. The van der Waals surface area contributed by atoms with Gasteiger partial charge in [-0.25, -0.2) is 4.72 Å². The van der Waals surface area contributed by atoms with Gasteiger partial charge in [-0.1, -0.05) is 12.8 Å². The van der Waals surface area contributed by atoms with E-state index in [9.17, 15) is 8.42 Å². The molecule has 0 aromatic heterocycles. The molecule has 22 heavy (non-hydrogen) atoms. The Bertz CT molecular complexity index is 417. The van der Waals surface area contributed by atoms with Crippen LogP contribution in [0.5, 0.6) is 0 Å². The van der Waals surface area contributed by atoms with Crippen molar-refractivity contribution >= 4 is 10.2 Å². The summed E-state index contributed by atoms with van der Waals surface area (Å²) in [6.07, 6.45) is 7.71. The number of rotatable bonds is 6. The number of likely N-dealkylation sites (tertiary alicyclic amines) is 1. The lowest BCUT2D eigenvalue weighted by Crippen LogP contribution is -2.43. The molecule has 0 aromatic rings. The molecule has 1 unspecified atom stereocenters. The Morgan fingerprint density at radius 1 is 1.05 bits per heavy atom. The molecule has 5 nitrogen and oxygen atoms in total. The molecule has 1 N–H and O–H groups in total. The van der Waals surface area contributed by atoms with Crippen molar-refractivity contribution in [1.82, 2.24) is 13.9 Å². The minimum Gasteiger partial charge on any atom is -0.301 e. The molecule has 0 aromatic carbocycles. The topological polar surface area (TPSA) is 52.7 Å². The van der Waals surface area contributed by atoms with Crippen molar-refractivity contribution in [2.75, 3.05) is 32.7 Å². The molecule has 6 heteroatoms. The van der Waals surface area contributed by atoms with Gasteiger partial charge in [-0.2, -0.15) is 12.7 Å². The van der Waals surface area contributed by atoms with Crippen LogP contribution in [0.15, 0.2) is 0 Å². The molecule has 0 aliphatic carbocycles. The molecule has 2 heterocycles. The summed E-state index contributed by atoms with van der Waals surface area (Å²) >= 11 is 0. The zero-order valence-electron chi connectivity index (χ0n) is 14.3. The van der Waals surface area contributed by atoms with E-state index in [1.54, 1.807) is 4.31 Å². The molecular weight excluding hydrogens is 298 g/mol. The highest BCUT2D eigenvalue weighted by Gasteiger charge is 2.24. The van der Waals surface area contributed by atoms with Crippen molar-refractivity contribution in [3.05, 3.63) is 0 Å². The highest BCUT2D eigenvalue weighted by molar-refractivity contribution is 7.87. The van der Waals surface area contributed by atoms with Gasteiger partial charge < -0.3 is 4.90 Å². The Morgan fingerprint density at radius 2 is 1.73 bits per heavy atom. The first-order chi connectivity index (χ1) is 10.5. The fourth-order valence-corrected chi connectivity index (χ4v) is 4.86. The van der Waals surface area contributed by atoms with Crippen molar-refractivity contribution in [2.45, 2.75) is 64.8 Å². The summed E-state index contributed by atoms with van der Waals surface area (Å²) in [4.78, 5) is 2.51. The molecule has 0 saturated carbocycles. The standard InChI is InChI=1S/C16H33N3O2S/c1-15(2)18-11-7-8-16(14-18)9-10-17-22(20,21)19-12-5-3-4-6-13-19/h15-17H,3-14H2,1-2H3. The van der Waals surface area contributed by atoms with Crippen molar-refractivity contribution < 1.29 is 8.42 Å². The van der Waals surface area contributed by atoms with Crippen LogP contribution in [0.4, 0.5) is 0 Å². The fraction of sp³-hybridized carbons (Fsp3) is 1.00. The summed E-state index contributed by atoms with van der Waals surface area (Å²) in [5.74, 6) is 0.628. The predicted molar refractivity (Wildman–Crippen MR) is 91.0 cm³/mol. The van der Waals surface area contributed by atoms with Crippen molar-refractivity contribution in [3.63, 3.8) is 0 Å². The van der Waals surface area contributed by atoms with Gasteiger partial charge in [-0.15, -0.1) is 0 Å². The Morgan fingerprint density at radius 3 is 2.36 bits per heavy atom. The molecule has 130 valence electrons. The first kappa shape index (κ1) is 18.2. The minimum atomic E-state index is -3.27. The molecule has 2 aliphatic heterocycles. The molecule has 2 saturated heterocycles. The van der Waals surface area contributed by atoms with E-state index in [0.717, 1.165) is 38.6 Å². The highest BCUT2D eigenvalue weighted by atomic mass is 32.2. The van der Waals surface area contributed by atoms with Gasteiger partial charge in [0.25, 0.3) is 10.2 Å². The van der Waals surface area contributed by atoms with Gasteiger partial charge in [0, 0.05) is 32.2 Å². The van der Waals surface area contributed by atoms with Crippen LogP contribution in [0.3, 0.4) is 0 Å². The zero-order chi connectivity index (χ0) is 16.0. The van der Waals surface area contributed by atoms with E-state index in [0.29, 0.717) is 31.6 Å². The first-order valence-corrected chi connectivity index (χ1v) is 10.4. The second-order valence-corrected chi connectivity index (χ2v) is 8.85. The average Bonchev–Trinajstić information content (AvgIpc) is 2.77. The van der Waals surface area contributed by atoms with E-state index in [-0.39, 0.29) is 0 Å². The number of hydrogen-bond acceptors (Lipinski definition) is 3. The van der Waals surface area contributed by atoms with E-state index in [2.05, 4.69) is 23.5 Å². The van der Waals surface area contributed by atoms with Crippen LogP contribution in [-0.2, 0) is 10.2 Å². The summed E-state index contributed by atoms with van der Waals surface area (Å²) < 4.78 is 29.2. The third-order valence-corrected chi connectivity index (χ3v) is 6.64. The fourth-order valence-electron chi connectivity index (χ4n) is 3.57. The quantitative estimate of drug-likeness (QED) is 0.812. The van der Waals surface area contributed by atoms with Gasteiger partial charge in [0.2, 0.25) is 0 Å². The Hall–Kier alpha value is -0.170. The molecule has 0 spiro atoms. The van der Waals surface area contributed by atoms with Crippen LogP contribution >= 0.6 is 0 Å². The monoisotopic (exact) mass is 331 g/mol. The second kappa shape index (κ2) is 8.62. The maximum absolute atomic E-state index is 12.4. The molecule has 1 atom stereocenters. The lowest BCUT2D eigenvalue weighted by molar-refractivity contribution is 0.136.